The molecule has 0 unspecified atom stereocenters. The van der Waals surface area contributed by atoms with Crippen LogP contribution in [0.4, 0.5) is 14.9 Å². The first kappa shape index (κ1) is 19.6. The molecule has 0 radical (unpaired) electrons. The standard InChI is InChI=1S/C22H14ClFN2O4/c1-12-2-7-15(10-18(12)23)26-21(28)17(20(27)25-22(26)29)11-16-8-9-19(30-16)13-3-5-14(24)6-4-13/h2-11H,1H3,(H,25,27,29)/b17-11+. The van der Waals surface area contributed by atoms with Crippen molar-refractivity contribution >= 4 is 41.2 Å². The van der Waals surface area contributed by atoms with E-state index in [1.165, 1.54) is 24.3 Å². The number of benzene rings is 2. The molecule has 4 amide bonds. The normalized spacial score (nSPS) is 15.6. The molecule has 1 aliphatic rings. The molecule has 0 bridgehead atoms. The fraction of sp³-hybridized carbons (Fsp3) is 0.0455. The fourth-order valence-electron chi connectivity index (χ4n) is 2.95. The van der Waals surface area contributed by atoms with Gasteiger partial charge in [0.15, 0.2) is 0 Å². The number of nitrogens with zero attached hydrogens (tertiary/aromatic N) is 1. The number of nitrogens with one attached hydrogen (secondary N) is 1. The number of hydrogen-bond acceptors (Lipinski definition) is 4. The predicted molar refractivity (Wildman–Crippen MR) is 109 cm³/mol. The second-order valence-corrected chi connectivity index (χ2v) is 7.01. The molecule has 8 heteroatoms. The van der Waals surface area contributed by atoms with Gasteiger partial charge in [-0.1, -0.05) is 17.7 Å². The summed E-state index contributed by atoms with van der Waals surface area (Å²) < 4.78 is 18.8. The van der Waals surface area contributed by atoms with Crippen molar-refractivity contribution < 1.29 is 23.2 Å². The van der Waals surface area contributed by atoms with Gasteiger partial charge in [-0.05, 0) is 67.1 Å². The van der Waals surface area contributed by atoms with Gasteiger partial charge >= 0.3 is 6.03 Å². The van der Waals surface area contributed by atoms with E-state index in [1.54, 1.807) is 43.3 Å². The third-order valence-electron chi connectivity index (χ3n) is 4.56. The van der Waals surface area contributed by atoms with Crippen LogP contribution < -0.4 is 10.2 Å². The van der Waals surface area contributed by atoms with Crippen molar-refractivity contribution in [3.8, 4) is 11.3 Å². The van der Waals surface area contributed by atoms with E-state index in [9.17, 15) is 18.8 Å². The summed E-state index contributed by atoms with van der Waals surface area (Å²) in [5.74, 6) is -1.35. The number of barbiturate groups is 1. The highest BCUT2D eigenvalue weighted by atomic mass is 35.5. The highest BCUT2D eigenvalue weighted by Crippen LogP contribution is 2.28. The van der Waals surface area contributed by atoms with Crippen molar-refractivity contribution in [2.75, 3.05) is 4.90 Å². The molecule has 0 saturated carbocycles. The molecule has 6 nitrogen and oxygen atoms in total. The van der Waals surface area contributed by atoms with Crippen LogP contribution in [0.1, 0.15) is 11.3 Å². The first-order valence-electron chi connectivity index (χ1n) is 8.87. The Hall–Kier alpha value is -3.71. The quantitative estimate of drug-likeness (QED) is 0.487. The van der Waals surface area contributed by atoms with Crippen molar-refractivity contribution in [2.45, 2.75) is 6.92 Å². The number of urea groups is 1. The average molecular weight is 425 g/mol. The second-order valence-electron chi connectivity index (χ2n) is 6.60. The Balaban J connectivity index is 1.67. The summed E-state index contributed by atoms with van der Waals surface area (Å²) in [5, 5.41) is 2.52. The van der Waals surface area contributed by atoms with E-state index < -0.39 is 17.8 Å². The first-order valence-corrected chi connectivity index (χ1v) is 9.24. The maximum Gasteiger partial charge on any atom is 0.335 e. The molecule has 0 spiro atoms. The van der Waals surface area contributed by atoms with Gasteiger partial charge in [0, 0.05) is 10.6 Å². The Morgan fingerprint density at radius 1 is 1.03 bits per heavy atom. The lowest BCUT2D eigenvalue weighted by atomic mass is 10.1. The van der Waals surface area contributed by atoms with E-state index in [4.69, 9.17) is 16.0 Å². The topological polar surface area (TPSA) is 79.6 Å². The minimum Gasteiger partial charge on any atom is -0.457 e. The van der Waals surface area contributed by atoms with Crippen LogP contribution in [0.15, 0.2) is 64.6 Å². The second kappa shape index (κ2) is 7.61. The molecule has 1 aliphatic heterocycles. The van der Waals surface area contributed by atoms with Crippen LogP contribution in [-0.2, 0) is 9.59 Å². The number of hydrogen-bond donors (Lipinski definition) is 1. The van der Waals surface area contributed by atoms with Crippen LogP contribution in [0.25, 0.3) is 17.4 Å². The molecule has 1 N–H and O–H groups in total. The number of anilines is 1. The van der Waals surface area contributed by atoms with Gasteiger partial charge in [-0.3, -0.25) is 14.9 Å². The van der Waals surface area contributed by atoms with E-state index in [0.29, 0.717) is 16.3 Å². The van der Waals surface area contributed by atoms with Crippen molar-refractivity contribution in [3.63, 3.8) is 0 Å². The molecule has 30 heavy (non-hydrogen) atoms. The lowest BCUT2D eigenvalue weighted by Crippen LogP contribution is -2.54. The largest absolute Gasteiger partial charge is 0.457 e. The van der Waals surface area contributed by atoms with E-state index in [-0.39, 0.29) is 22.8 Å². The summed E-state index contributed by atoms with van der Waals surface area (Å²) in [5.41, 5.74) is 1.37. The van der Waals surface area contributed by atoms with Gasteiger partial charge in [0.1, 0.15) is 22.9 Å². The number of carbonyl (C=O) groups excluding carboxylic acids is 3. The van der Waals surface area contributed by atoms with Crippen LogP contribution in [0.2, 0.25) is 5.02 Å². The van der Waals surface area contributed by atoms with Crippen LogP contribution >= 0.6 is 11.6 Å². The maximum atomic E-state index is 13.1. The average Bonchev–Trinajstić information content (AvgIpc) is 3.17. The SMILES string of the molecule is Cc1ccc(N2C(=O)NC(=O)/C(=C\c3ccc(-c4ccc(F)cc4)o3)C2=O)cc1Cl. The van der Waals surface area contributed by atoms with Gasteiger partial charge in [-0.15, -0.1) is 0 Å². The number of rotatable bonds is 3. The Kier molecular flexibility index (Phi) is 4.97. The number of amides is 4. The van der Waals surface area contributed by atoms with Crippen LogP contribution in [0.3, 0.4) is 0 Å². The molecule has 4 rings (SSSR count). The zero-order valence-corrected chi connectivity index (χ0v) is 16.4. The molecule has 1 aromatic heterocycles. The Morgan fingerprint density at radius 3 is 2.47 bits per heavy atom. The summed E-state index contributed by atoms with van der Waals surface area (Å²) >= 11 is 6.10. The maximum absolute atomic E-state index is 13.1. The van der Waals surface area contributed by atoms with E-state index in [1.807, 2.05) is 0 Å². The zero-order chi connectivity index (χ0) is 21.4. The Labute approximate surface area is 175 Å². The third-order valence-corrected chi connectivity index (χ3v) is 4.96. The van der Waals surface area contributed by atoms with Gasteiger partial charge in [0.25, 0.3) is 11.8 Å². The Bertz CT molecular complexity index is 1210. The highest BCUT2D eigenvalue weighted by molar-refractivity contribution is 6.39. The minimum absolute atomic E-state index is 0.226. The van der Waals surface area contributed by atoms with Crippen LogP contribution in [0, 0.1) is 12.7 Å². The van der Waals surface area contributed by atoms with Crippen molar-refractivity contribution in [1.29, 1.82) is 0 Å². The minimum atomic E-state index is -0.867. The molecule has 1 saturated heterocycles. The van der Waals surface area contributed by atoms with Gasteiger partial charge in [-0.2, -0.15) is 0 Å². The molecule has 0 atom stereocenters. The summed E-state index contributed by atoms with van der Waals surface area (Å²) in [4.78, 5) is 38.3. The monoisotopic (exact) mass is 424 g/mol. The number of imide groups is 2. The number of aryl methyl sites for hydroxylation is 1. The van der Waals surface area contributed by atoms with Crippen molar-refractivity contribution in [3.05, 3.63) is 82.3 Å². The van der Waals surface area contributed by atoms with Crippen molar-refractivity contribution in [2.24, 2.45) is 0 Å². The number of halogens is 2. The van der Waals surface area contributed by atoms with E-state index in [2.05, 4.69) is 5.32 Å². The van der Waals surface area contributed by atoms with Gasteiger partial charge in [0.05, 0.1) is 5.69 Å². The molecule has 3 aromatic rings. The van der Waals surface area contributed by atoms with Gasteiger partial charge in [0.2, 0.25) is 0 Å². The molecule has 1 fully saturated rings. The van der Waals surface area contributed by atoms with Crippen LogP contribution in [-0.4, -0.2) is 17.8 Å². The summed E-state index contributed by atoms with van der Waals surface area (Å²) in [6.07, 6.45) is 1.25. The summed E-state index contributed by atoms with van der Waals surface area (Å²) in [7, 11) is 0. The molecular weight excluding hydrogens is 411 g/mol. The predicted octanol–water partition coefficient (Wildman–Crippen LogP) is 4.71. The smallest absolute Gasteiger partial charge is 0.335 e. The first-order chi connectivity index (χ1) is 14.3. The summed E-state index contributed by atoms with van der Waals surface area (Å²) in [6.45, 7) is 1.79. The third kappa shape index (κ3) is 3.62. The number of furan rings is 1. The zero-order valence-electron chi connectivity index (χ0n) is 15.6. The van der Waals surface area contributed by atoms with Crippen LogP contribution in [0.5, 0.6) is 0 Å². The fourth-order valence-corrected chi connectivity index (χ4v) is 3.13. The molecule has 150 valence electrons. The van der Waals surface area contributed by atoms with E-state index >= 15 is 0 Å². The lowest BCUT2D eigenvalue weighted by Gasteiger charge is -2.26. The Morgan fingerprint density at radius 2 is 1.77 bits per heavy atom. The highest BCUT2D eigenvalue weighted by Gasteiger charge is 2.37. The lowest BCUT2D eigenvalue weighted by molar-refractivity contribution is -0.122. The molecular formula is C22H14ClFN2O4. The van der Waals surface area contributed by atoms with E-state index in [0.717, 1.165) is 10.5 Å². The van der Waals surface area contributed by atoms with Gasteiger partial charge in [-0.25, -0.2) is 14.1 Å². The molecule has 2 heterocycles. The molecule has 0 aliphatic carbocycles. The van der Waals surface area contributed by atoms with Crippen molar-refractivity contribution in [1.82, 2.24) is 5.32 Å². The number of carbonyl (C=O) groups is 3. The molecule has 2 aromatic carbocycles. The van der Waals surface area contributed by atoms with Gasteiger partial charge < -0.3 is 4.42 Å². The summed E-state index contributed by atoms with van der Waals surface area (Å²) in [6, 6.07) is 12.7.